The number of fused-ring (bicyclic) bond motifs is 1. The Kier molecular flexibility index (Phi) is 16.4. The number of aromatic amines is 2. The zero-order valence-corrected chi connectivity index (χ0v) is 45.6. The van der Waals surface area contributed by atoms with Gasteiger partial charge in [0.2, 0.25) is 0 Å². The van der Waals surface area contributed by atoms with Gasteiger partial charge in [-0.15, -0.1) is 0 Å². The van der Waals surface area contributed by atoms with Crippen molar-refractivity contribution in [3.63, 3.8) is 0 Å². The van der Waals surface area contributed by atoms with Crippen LogP contribution in [0, 0.1) is 25.2 Å². The number of aromatic nitrogens is 4. The zero-order valence-electron chi connectivity index (χ0n) is 42.7. The third-order valence-electron chi connectivity index (χ3n) is 14.2. The van der Waals surface area contributed by atoms with Crippen molar-refractivity contribution in [1.29, 1.82) is 5.26 Å². The Balaban J connectivity index is 1.41. The Bertz CT molecular complexity index is 2390. The number of nitriles is 1. The molecule has 20 nitrogen and oxygen atoms in total. The predicted octanol–water partition coefficient (Wildman–Crippen LogP) is 5.86. The van der Waals surface area contributed by atoms with Gasteiger partial charge in [0.05, 0.1) is 37.9 Å². The number of aryl methyl sites for hydroxylation is 2. The van der Waals surface area contributed by atoms with E-state index in [-0.39, 0.29) is 55.1 Å². The first-order valence-electron chi connectivity index (χ1n) is 23.5. The van der Waals surface area contributed by atoms with Crippen LogP contribution < -0.4 is 27.8 Å². The SMILES string of the molecule is Cc1cn([C@H]2C[C@H](OP(OC[C@H]3O[C@@H](n4cc(C)c(=O)[nH]c4=O)C[C@@H]3O[Si](C)(C)C(C)(C)C)O[C@@]3(CC#N)[C@@H](CNC(C)C)O[C@@H]4OC(C)(C)O[C@@H]43)[C@@H](CO[Si](C)(C)C(C)(C)C)O2)c(=O)[nH]c1=O. The summed E-state index contributed by atoms with van der Waals surface area (Å²) in [6.45, 7) is 32.2. The molecule has 23 heteroatoms. The molecule has 6 heterocycles. The molecule has 6 rings (SSSR count). The molecule has 0 aromatic carbocycles. The van der Waals surface area contributed by atoms with Gasteiger partial charge in [0.25, 0.3) is 11.1 Å². The Morgan fingerprint density at radius 2 is 1.37 bits per heavy atom. The summed E-state index contributed by atoms with van der Waals surface area (Å²) in [6, 6.07) is 2.37. The molecule has 4 saturated heterocycles. The molecule has 11 atom stereocenters. The number of nitrogens with one attached hydrogen (secondary N) is 3. The number of ether oxygens (including phenoxy) is 5. The second kappa shape index (κ2) is 20.4. The highest BCUT2D eigenvalue weighted by Gasteiger charge is 2.66. The van der Waals surface area contributed by atoms with Crippen LogP contribution in [-0.2, 0) is 46.1 Å². The molecule has 4 fully saturated rings. The van der Waals surface area contributed by atoms with E-state index >= 15 is 0 Å². The summed E-state index contributed by atoms with van der Waals surface area (Å²) >= 11 is 0. The number of H-pyrrole nitrogens is 2. The predicted molar refractivity (Wildman–Crippen MR) is 258 cm³/mol. The molecule has 0 saturated carbocycles. The maximum atomic E-state index is 13.3. The third kappa shape index (κ3) is 12.0. The standard InChI is InChI=1S/C45H75N6O14PSi2/c1-26(2)47-21-33-45(17-18-46,36-39(60-33)62-44(11,12)61-36)65-66(56-24-31-30(64-68(15,16)43(8,9)10)20-35(58-31)51-23-28(4)38(53)49-41(51)55)63-29-19-34(50-22-27(3)37(52)48-40(50)54)59-32(29)25-57-67(13,14)42(5,6)7/h22-23,26,29-36,39,47H,17,19-21,24-25H2,1-16H3,(H,48,52,54)(H,49,53,55)/t29-,30-,31+,32+,33+,34+,35+,36-,39+,45-,66?/m0/s1. The third-order valence-corrected chi connectivity index (χ3v) is 24.5. The highest BCUT2D eigenvalue weighted by molar-refractivity contribution is 7.41. The van der Waals surface area contributed by atoms with Crippen molar-refractivity contribution in [3.05, 3.63) is 65.2 Å². The van der Waals surface area contributed by atoms with Crippen molar-refractivity contribution < 1.29 is 46.1 Å². The Morgan fingerprint density at radius 3 is 1.88 bits per heavy atom. The van der Waals surface area contributed by atoms with Crippen molar-refractivity contribution in [2.24, 2.45) is 0 Å². The summed E-state index contributed by atoms with van der Waals surface area (Å²) in [6.07, 6.45) is -4.06. The van der Waals surface area contributed by atoms with Crippen molar-refractivity contribution in [1.82, 2.24) is 24.4 Å². The van der Waals surface area contributed by atoms with Crippen LogP contribution in [0.1, 0.15) is 112 Å². The van der Waals surface area contributed by atoms with Gasteiger partial charge in [0.15, 0.2) is 28.7 Å². The van der Waals surface area contributed by atoms with Crippen LogP contribution in [0.5, 0.6) is 0 Å². The maximum absolute atomic E-state index is 13.3. The van der Waals surface area contributed by atoms with Gasteiger partial charge in [-0.1, -0.05) is 55.4 Å². The molecule has 4 aliphatic rings. The molecular weight excluding hydrogens is 936 g/mol. The van der Waals surface area contributed by atoms with Gasteiger partial charge in [-0.05, 0) is 64.0 Å². The number of rotatable bonds is 18. The van der Waals surface area contributed by atoms with E-state index in [1.807, 2.05) is 13.8 Å². The lowest BCUT2D eigenvalue weighted by molar-refractivity contribution is -0.225. The molecular formula is C45H75N6O14PSi2. The maximum Gasteiger partial charge on any atom is 0.333 e. The summed E-state index contributed by atoms with van der Waals surface area (Å²) in [7, 11) is -7.37. The first-order valence-corrected chi connectivity index (χ1v) is 30.5. The number of hydrogen-bond donors (Lipinski definition) is 3. The topological polar surface area (TPSA) is 238 Å². The summed E-state index contributed by atoms with van der Waals surface area (Å²) in [5, 5.41) is 13.7. The molecule has 0 spiro atoms. The minimum Gasteiger partial charge on any atom is -0.414 e. The summed E-state index contributed by atoms with van der Waals surface area (Å²) in [5.41, 5.74) is -3.11. The Labute approximate surface area is 402 Å². The van der Waals surface area contributed by atoms with Crippen LogP contribution in [0.3, 0.4) is 0 Å². The first-order chi connectivity index (χ1) is 31.4. The van der Waals surface area contributed by atoms with E-state index < -0.39 is 114 Å². The molecule has 68 heavy (non-hydrogen) atoms. The summed E-state index contributed by atoms with van der Waals surface area (Å²) < 4.78 is 70.0. The van der Waals surface area contributed by atoms with Gasteiger partial charge in [0, 0.05) is 48.9 Å². The lowest BCUT2D eigenvalue weighted by Crippen LogP contribution is -2.54. The second-order valence-electron chi connectivity index (χ2n) is 22.3. The first kappa shape index (κ1) is 54.6. The van der Waals surface area contributed by atoms with Crippen LogP contribution in [-0.4, -0.2) is 116 Å². The monoisotopic (exact) mass is 1010 g/mol. The van der Waals surface area contributed by atoms with E-state index in [4.69, 9.17) is 46.1 Å². The van der Waals surface area contributed by atoms with Crippen LogP contribution in [0.4, 0.5) is 0 Å². The van der Waals surface area contributed by atoms with E-state index in [1.54, 1.807) is 27.7 Å². The molecule has 0 bridgehead atoms. The highest BCUT2D eigenvalue weighted by Crippen LogP contribution is 2.56. The fraction of sp³-hybridized carbons (Fsp3) is 0.800. The van der Waals surface area contributed by atoms with Crippen LogP contribution >= 0.6 is 8.60 Å². The van der Waals surface area contributed by atoms with Gasteiger partial charge in [0.1, 0.15) is 42.5 Å². The van der Waals surface area contributed by atoms with Crippen LogP contribution in [0.25, 0.3) is 0 Å². The molecule has 0 radical (unpaired) electrons. The largest absolute Gasteiger partial charge is 0.414 e. The van der Waals surface area contributed by atoms with Gasteiger partial charge in [-0.2, -0.15) is 5.26 Å². The van der Waals surface area contributed by atoms with Gasteiger partial charge in [-0.3, -0.25) is 33.2 Å². The molecule has 2 aromatic rings. The molecule has 0 amide bonds. The molecule has 2 aromatic heterocycles. The van der Waals surface area contributed by atoms with Gasteiger partial charge in [-0.25, -0.2) is 9.59 Å². The van der Waals surface area contributed by atoms with E-state index in [9.17, 15) is 24.4 Å². The second-order valence-corrected chi connectivity index (χ2v) is 33.0. The Hall–Kier alpha value is -2.73. The molecule has 3 N–H and O–H groups in total. The fourth-order valence-corrected chi connectivity index (χ4v) is 11.9. The zero-order chi connectivity index (χ0) is 50.5. The smallest absolute Gasteiger partial charge is 0.333 e. The summed E-state index contributed by atoms with van der Waals surface area (Å²) in [4.78, 5) is 56.2. The van der Waals surface area contributed by atoms with Crippen molar-refractivity contribution in [2.75, 3.05) is 19.8 Å². The normalized spacial score (nSPS) is 30.3. The van der Waals surface area contributed by atoms with Crippen molar-refractivity contribution >= 4 is 25.2 Å². The minimum atomic E-state index is -2.52. The number of nitrogens with zero attached hydrogens (tertiary/aromatic N) is 3. The van der Waals surface area contributed by atoms with E-state index in [2.05, 4.69) is 89.1 Å². The molecule has 4 aliphatic heterocycles. The molecule has 382 valence electrons. The van der Waals surface area contributed by atoms with Crippen molar-refractivity contribution in [3.8, 4) is 6.07 Å². The fourth-order valence-electron chi connectivity index (χ4n) is 8.07. The quantitative estimate of drug-likeness (QED) is 0.117. The number of hydrogen-bond acceptors (Lipinski definition) is 16. The molecule has 0 aliphatic carbocycles. The average molecular weight is 1010 g/mol. The van der Waals surface area contributed by atoms with Gasteiger partial charge < -0.3 is 46.9 Å². The van der Waals surface area contributed by atoms with Crippen LogP contribution in [0.2, 0.25) is 36.3 Å². The van der Waals surface area contributed by atoms with E-state index in [0.29, 0.717) is 11.1 Å². The molecule has 1 unspecified atom stereocenters. The van der Waals surface area contributed by atoms with E-state index in [0.717, 1.165) is 0 Å². The van der Waals surface area contributed by atoms with E-state index in [1.165, 1.54) is 21.5 Å². The summed E-state index contributed by atoms with van der Waals surface area (Å²) in [5.74, 6) is -1.08. The average Bonchev–Trinajstić information content (AvgIpc) is 3.94. The Morgan fingerprint density at radius 1 is 0.838 bits per heavy atom. The minimum absolute atomic E-state index is 0.0457. The van der Waals surface area contributed by atoms with Gasteiger partial charge >= 0.3 is 20.0 Å². The lowest BCUT2D eigenvalue weighted by Gasteiger charge is -2.40. The lowest BCUT2D eigenvalue weighted by atomic mass is 9.89. The van der Waals surface area contributed by atoms with Crippen molar-refractivity contribution in [2.45, 2.75) is 211 Å². The highest BCUT2D eigenvalue weighted by atomic mass is 31.2. The van der Waals surface area contributed by atoms with Crippen LogP contribution in [0.15, 0.2) is 31.6 Å².